The van der Waals surface area contributed by atoms with Gasteiger partial charge < -0.3 is 21.5 Å². The van der Waals surface area contributed by atoms with Gasteiger partial charge in [0, 0.05) is 5.56 Å². The third-order valence-electron chi connectivity index (χ3n) is 3.23. The summed E-state index contributed by atoms with van der Waals surface area (Å²) in [6.45, 7) is 5.15. The quantitative estimate of drug-likeness (QED) is 0.543. The number of halogens is 1. The van der Waals surface area contributed by atoms with Crippen molar-refractivity contribution < 1.29 is 21.5 Å². The van der Waals surface area contributed by atoms with E-state index in [4.69, 9.17) is 0 Å². The molecule has 0 aliphatic heterocycles. The molecule has 0 unspecified atom stereocenters. The Kier molecular flexibility index (Phi) is 6.93. The van der Waals surface area contributed by atoms with Crippen LogP contribution in [0.25, 0.3) is 10.8 Å². The topological polar surface area (TPSA) is 0 Å². The van der Waals surface area contributed by atoms with Crippen LogP contribution in [0.5, 0.6) is 0 Å². The Labute approximate surface area is 144 Å². The van der Waals surface area contributed by atoms with Gasteiger partial charge in [0.25, 0.3) is 0 Å². The number of allylic oxidation sites excluding steroid dienone is 1. The highest BCUT2D eigenvalue weighted by atomic mass is 79.9. The molecule has 2 rings (SSSR count). The van der Waals surface area contributed by atoms with Crippen LogP contribution >= 0.6 is 0 Å². The van der Waals surface area contributed by atoms with E-state index in [0.29, 0.717) is 0 Å². The molecule has 2 heteroatoms. The molecule has 2 aromatic carbocycles. The molecule has 0 bridgehead atoms. The minimum Gasteiger partial charge on any atom is -1.00 e. The largest absolute Gasteiger partial charge is 1.00 e. The lowest BCUT2D eigenvalue weighted by Crippen LogP contribution is -3.00. The van der Waals surface area contributed by atoms with Crippen molar-refractivity contribution in [2.75, 3.05) is 27.2 Å². The van der Waals surface area contributed by atoms with Crippen LogP contribution in [-0.2, 0) is 0 Å². The maximum absolute atomic E-state index is 3.60. The summed E-state index contributed by atoms with van der Waals surface area (Å²) in [6, 6.07) is 14.6. The smallest absolute Gasteiger partial charge is 0.141 e. The van der Waals surface area contributed by atoms with Gasteiger partial charge in [-0.25, -0.2) is 0 Å². The zero-order chi connectivity index (χ0) is 15.1. The summed E-state index contributed by atoms with van der Waals surface area (Å²) in [5, 5.41) is 2.44. The van der Waals surface area contributed by atoms with Crippen LogP contribution in [-0.4, -0.2) is 31.7 Å². The van der Waals surface area contributed by atoms with Crippen molar-refractivity contribution >= 4 is 10.8 Å². The maximum atomic E-state index is 3.60. The van der Waals surface area contributed by atoms with Gasteiger partial charge >= 0.3 is 0 Å². The Hall–Kier alpha value is -2.00. The van der Waals surface area contributed by atoms with E-state index in [0.717, 1.165) is 23.1 Å². The fourth-order valence-corrected chi connectivity index (χ4v) is 2.07. The van der Waals surface area contributed by atoms with Crippen molar-refractivity contribution in [2.24, 2.45) is 0 Å². The summed E-state index contributed by atoms with van der Waals surface area (Å²) < 4.78 is 0.763. The number of nitrogens with zero attached hydrogens (tertiary/aromatic N) is 1. The second-order valence-electron chi connectivity index (χ2n) is 5.61. The molecule has 0 aliphatic rings. The molecule has 0 N–H and O–H groups in total. The van der Waals surface area contributed by atoms with Crippen molar-refractivity contribution in [3.05, 3.63) is 60.7 Å². The molecule has 0 aromatic heterocycles. The second-order valence-corrected chi connectivity index (χ2v) is 5.61. The third kappa shape index (κ3) is 5.08. The average Bonchev–Trinajstić information content (AvgIpc) is 2.47. The number of fused-ring (bicyclic) bond motifs is 1. The molecule has 0 radical (unpaired) electrons. The monoisotopic (exact) mass is 353 g/mol. The Morgan fingerprint density at radius 2 is 1.68 bits per heavy atom. The fourth-order valence-electron chi connectivity index (χ4n) is 2.07. The van der Waals surface area contributed by atoms with Crippen LogP contribution < -0.4 is 17.0 Å². The summed E-state index contributed by atoms with van der Waals surface area (Å²) in [7, 11) is 4.27. The molecule has 0 heterocycles. The summed E-state index contributed by atoms with van der Waals surface area (Å²) in [4.78, 5) is 0. The minimum atomic E-state index is 0. The van der Waals surface area contributed by atoms with Gasteiger partial charge in [0.1, 0.15) is 13.1 Å². The molecule has 0 saturated heterocycles. The van der Waals surface area contributed by atoms with E-state index in [1.807, 2.05) is 0 Å². The van der Waals surface area contributed by atoms with E-state index >= 15 is 0 Å². The highest BCUT2D eigenvalue weighted by molar-refractivity contribution is 5.88. The van der Waals surface area contributed by atoms with E-state index in [9.17, 15) is 0 Å². The predicted molar refractivity (Wildman–Crippen MR) is 90.6 cm³/mol. The zero-order valence-electron chi connectivity index (χ0n) is 13.1. The van der Waals surface area contributed by atoms with Crippen molar-refractivity contribution in [2.45, 2.75) is 0 Å². The SMILES string of the molecule is C=CC#CC[N+](C)(C)CC#Cc1cccc2ccccc12.[Br-]. The lowest BCUT2D eigenvalue weighted by Gasteiger charge is -2.24. The number of hydrogen-bond acceptors (Lipinski definition) is 0. The van der Waals surface area contributed by atoms with E-state index in [1.165, 1.54) is 10.8 Å². The van der Waals surface area contributed by atoms with Crippen molar-refractivity contribution in [1.29, 1.82) is 0 Å². The van der Waals surface area contributed by atoms with Crippen molar-refractivity contribution in [3.8, 4) is 23.7 Å². The van der Waals surface area contributed by atoms with Gasteiger partial charge in [0.15, 0.2) is 0 Å². The summed E-state index contributed by atoms with van der Waals surface area (Å²) in [6.07, 6.45) is 1.63. The van der Waals surface area contributed by atoms with Crippen LogP contribution in [0, 0.1) is 23.7 Å². The molecule has 0 spiro atoms. The molecule has 0 saturated carbocycles. The van der Waals surface area contributed by atoms with Crippen LogP contribution in [0.2, 0.25) is 0 Å². The normalized spacial score (nSPS) is 9.73. The number of hydrogen-bond donors (Lipinski definition) is 0. The van der Waals surface area contributed by atoms with Crippen LogP contribution in [0.4, 0.5) is 0 Å². The number of rotatable bonds is 2. The summed E-state index contributed by atoms with van der Waals surface area (Å²) >= 11 is 0. The molecule has 0 fully saturated rings. The van der Waals surface area contributed by atoms with E-state index in [-0.39, 0.29) is 17.0 Å². The molecular weight excluding hydrogens is 334 g/mol. The highest BCUT2D eigenvalue weighted by Gasteiger charge is 2.10. The zero-order valence-corrected chi connectivity index (χ0v) is 14.7. The maximum Gasteiger partial charge on any atom is 0.141 e. The van der Waals surface area contributed by atoms with E-state index < -0.39 is 0 Å². The standard InChI is InChI=1S/C20H20N.BrH/c1-4-5-8-16-21(2,3)17-10-14-19-13-9-12-18-11-6-7-15-20(18)19;/h4,6-7,9,11-13,15H,1,16-17H2,2-3H3;1H/q+1;/p-1. The fraction of sp³-hybridized carbons (Fsp3) is 0.200. The molecular formula is C20H20BrN. The predicted octanol–water partition coefficient (Wildman–Crippen LogP) is 0.461. The van der Waals surface area contributed by atoms with Gasteiger partial charge in [-0.3, -0.25) is 0 Å². The lowest BCUT2D eigenvalue weighted by molar-refractivity contribution is -0.875. The summed E-state index contributed by atoms with van der Waals surface area (Å²) in [5.41, 5.74) is 1.09. The first-order valence-corrected chi connectivity index (χ1v) is 7.00. The van der Waals surface area contributed by atoms with Gasteiger partial charge in [0.2, 0.25) is 0 Å². The van der Waals surface area contributed by atoms with E-state index in [1.54, 1.807) is 6.08 Å². The summed E-state index contributed by atoms with van der Waals surface area (Å²) in [5.74, 6) is 12.6. The molecule has 1 nitrogen and oxygen atoms in total. The first-order valence-electron chi connectivity index (χ1n) is 7.00. The molecule has 2 aromatic rings. The second kappa shape index (κ2) is 8.44. The number of quaternary nitrogens is 1. The van der Waals surface area contributed by atoms with Crippen LogP contribution in [0.1, 0.15) is 5.56 Å². The molecule has 0 atom stereocenters. The third-order valence-corrected chi connectivity index (χ3v) is 3.23. The Balaban J connectivity index is 0.00000242. The first-order chi connectivity index (χ1) is 10.1. The van der Waals surface area contributed by atoms with Gasteiger partial charge in [-0.2, -0.15) is 0 Å². The molecule has 0 amide bonds. The van der Waals surface area contributed by atoms with Crippen molar-refractivity contribution in [3.63, 3.8) is 0 Å². The number of benzene rings is 2. The Morgan fingerprint density at radius 1 is 1.00 bits per heavy atom. The first kappa shape index (κ1) is 18.1. The highest BCUT2D eigenvalue weighted by Crippen LogP contribution is 2.17. The van der Waals surface area contributed by atoms with Crippen LogP contribution in [0.3, 0.4) is 0 Å². The van der Waals surface area contributed by atoms with Gasteiger partial charge in [-0.1, -0.05) is 54.8 Å². The van der Waals surface area contributed by atoms with Crippen molar-refractivity contribution in [1.82, 2.24) is 0 Å². The lowest BCUT2D eigenvalue weighted by atomic mass is 10.1. The Morgan fingerprint density at radius 3 is 2.45 bits per heavy atom. The van der Waals surface area contributed by atoms with Gasteiger partial charge in [-0.15, -0.1) is 0 Å². The van der Waals surface area contributed by atoms with Crippen LogP contribution in [0.15, 0.2) is 55.1 Å². The van der Waals surface area contributed by atoms with Gasteiger partial charge in [0.05, 0.1) is 14.1 Å². The van der Waals surface area contributed by atoms with Gasteiger partial charge in [-0.05, 0) is 34.8 Å². The Bertz CT molecular complexity index is 761. The minimum absolute atomic E-state index is 0. The molecule has 112 valence electrons. The average molecular weight is 354 g/mol. The van der Waals surface area contributed by atoms with E-state index in [2.05, 4.69) is 86.8 Å². The molecule has 22 heavy (non-hydrogen) atoms. The molecule has 0 aliphatic carbocycles.